The number of anilines is 2. The first-order valence-corrected chi connectivity index (χ1v) is 9.47. The standard InChI is InChI=1S/C20H26Cl2N4/c1-5-26(6-2)17-9-7-15(8-10-17)13-23-16-11-18(21)20(19(22)12-16)24-14-25(3)4/h7-12,14,23H,5-6,13H2,1-4H3/b24-14-. The van der Waals surface area contributed by atoms with E-state index in [0.717, 1.165) is 18.8 Å². The molecule has 2 aromatic rings. The maximum atomic E-state index is 6.33. The molecule has 0 aromatic heterocycles. The Hall–Kier alpha value is -1.91. The van der Waals surface area contributed by atoms with Gasteiger partial charge in [0, 0.05) is 45.1 Å². The number of aliphatic imine (C=N–C) groups is 1. The van der Waals surface area contributed by atoms with Crippen LogP contribution in [0, 0.1) is 0 Å². The Morgan fingerprint density at radius 3 is 2.08 bits per heavy atom. The number of nitrogens with one attached hydrogen (secondary N) is 1. The van der Waals surface area contributed by atoms with Gasteiger partial charge in [0.1, 0.15) is 5.69 Å². The molecule has 26 heavy (non-hydrogen) atoms. The minimum atomic E-state index is 0.523. The summed E-state index contributed by atoms with van der Waals surface area (Å²) in [6.45, 7) is 7.05. The molecule has 0 saturated heterocycles. The first kappa shape index (κ1) is 20.4. The minimum absolute atomic E-state index is 0.523. The summed E-state index contributed by atoms with van der Waals surface area (Å²) in [5.41, 5.74) is 3.89. The Balaban J connectivity index is 2.05. The fourth-order valence-corrected chi connectivity index (χ4v) is 3.17. The quantitative estimate of drug-likeness (QED) is 0.463. The zero-order valence-corrected chi connectivity index (χ0v) is 17.3. The molecule has 0 radical (unpaired) electrons. The summed E-state index contributed by atoms with van der Waals surface area (Å²) in [7, 11) is 3.79. The number of hydrogen-bond acceptors (Lipinski definition) is 3. The predicted octanol–water partition coefficient (Wildman–Crippen LogP) is 5.67. The van der Waals surface area contributed by atoms with Gasteiger partial charge >= 0.3 is 0 Å². The van der Waals surface area contributed by atoms with Crippen LogP contribution in [-0.2, 0) is 6.54 Å². The first-order chi connectivity index (χ1) is 12.4. The summed E-state index contributed by atoms with van der Waals surface area (Å²) in [5.74, 6) is 0. The van der Waals surface area contributed by atoms with Crippen molar-refractivity contribution in [2.75, 3.05) is 37.4 Å². The van der Waals surface area contributed by atoms with Gasteiger partial charge in [0.05, 0.1) is 16.4 Å². The number of nitrogens with zero attached hydrogens (tertiary/aromatic N) is 3. The van der Waals surface area contributed by atoms with Gasteiger partial charge < -0.3 is 15.1 Å². The van der Waals surface area contributed by atoms with E-state index in [1.54, 1.807) is 6.34 Å². The highest BCUT2D eigenvalue weighted by Crippen LogP contribution is 2.36. The zero-order chi connectivity index (χ0) is 19.1. The van der Waals surface area contributed by atoms with Gasteiger partial charge in [-0.15, -0.1) is 0 Å². The third kappa shape index (κ3) is 5.55. The molecule has 0 aliphatic heterocycles. The normalized spacial score (nSPS) is 11.0. The molecule has 0 unspecified atom stereocenters. The molecule has 0 aliphatic carbocycles. The van der Waals surface area contributed by atoms with Gasteiger partial charge in [0.25, 0.3) is 0 Å². The van der Waals surface area contributed by atoms with Gasteiger partial charge in [-0.05, 0) is 43.7 Å². The predicted molar refractivity (Wildman–Crippen MR) is 116 cm³/mol. The van der Waals surface area contributed by atoms with Crippen LogP contribution in [0.1, 0.15) is 19.4 Å². The van der Waals surface area contributed by atoms with Crippen molar-refractivity contribution < 1.29 is 0 Å². The molecule has 0 bridgehead atoms. The Kier molecular flexibility index (Phi) is 7.61. The van der Waals surface area contributed by atoms with E-state index in [-0.39, 0.29) is 0 Å². The van der Waals surface area contributed by atoms with E-state index in [1.165, 1.54) is 11.3 Å². The largest absolute Gasteiger partial charge is 0.381 e. The van der Waals surface area contributed by atoms with Gasteiger partial charge in [-0.2, -0.15) is 0 Å². The van der Waals surface area contributed by atoms with E-state index >= 15 is 0 Å². The summed E-state index contributed by atoms with van der Waals surface area (Å²) >= 11 is 12.7. The van der Waals surface area contributed by atoms with Crippen molar-refractivity contribution in [1.82, 2.24) is 4.90 Å². The molecule has 2 aromatic carbocycles. The van der Waals surface area contributed by atoms with Crippen LogP contribution in [0.25, 0.3) is 0 Å². The maximum Gasteiger partial charge on any atom is 0.102 e. The summed E-state index contributed by atoms with van der Waals surface area (Å²) in [4.78, 5) is 8.47. The van der Waals surface area contributed by atoms with Crippen LogP contribution >= 0.6 is 23.2 Å². The van der Waals surface area contributed by atoms with Gasteiger partial charge in [0.15, 0.2) is 0 Å². The SMILES string of the molecule is CCN(CC)c1ccc(CNc2cc(Cl)c(/N=C\N(C)C)c(Cl)c2)cc1. The van der Waals surface area contributed by atoms with Crippen LogP contribution in [0.2, 0.25) is 10.0 Å². The summed E-state index contributed by atoms with van der Waals surface area (Å²) in [5, 5.41) is 4.41. The molecule has 0 fully saturated rings. The zero-order valence-electron chi connectivity index (χ0n) is 15.8. The Bertz CT molecular complexity index is 715. The summed E-state index contributed by atoms with van der Waals surface area (Å²) in [6.07, 6.45) is 1.68. The molecule has 2 rings (SSSR count). The topological polar surface area (TPSA) is 30.9 Å². The van der Waals surface area contributed by atoms with Gasteiger partial charge in [-0.25, -0.2) is 4.99 Å². The van der Waals surface area contributed by atoms with Crippen molar-refractivity contribution in [3.05, 3.63) is 52.0 Å². The van der Waals surface area contributed by atoms with Crippen molar-refractivity contribution in [3.63, 3.8) is 0 Å². The van der Waals surface area contributed by atoms with Crippen LogP contribution < -0.4 is 10.2 Å². The van der Waals surface area contributed by atoms with Crippen molar-refractivity contribution in [2.45, 2.75) is 20.4 Å². The lowest BCUT2D eigenvalue weighted by atomic mass is 10.2. The molecule has 0 atom stereocenters. The minimum Gasteiger partial charge on any atom is -0.381 e. The fourth-order valence-electron chi connectivity index (χ4n) is 2.58. The second-order valence-corrected chi connectivity index (χ2v) is 7.00. The molecule has 1 N–H and O–H groups in total. The molecule has 0 amide bonds. The number of halogens is 2. The molecule has 6 heteroatoms. The second kappa shape index (κ2) is 9.70. The Morgan fingerprint density at radius 2 is 1.58 bits per heavy atom. The van der Waals surface area contributed by atoms with E-state index in [1.807, 2.05) is 31.1 Å². The average Bonchev–Trinajstić information content (AvgIpc) is 2.61. The van der Waals surface area contributed by atoms with Gasteiger partial charge in [0.2, 0.25) is 0 Å². The van der Waals surface area contributed by atoms with Crippen LogP contribution in [0.5, 0.6) is 0 Å². The van der Waals surface area contributed by atoms with E-state index in [2.05, 4.69) is 53.3 Å². The van der Waals surface area contributed by atoms with Crippen LogP contribution in [-0.4, -0.2) is 38.4 Å². The molecule has 140 valence electrons. The lowest BCUT2D eigenvalue weighted by Gasteiger charge is -2.21. The Morgan fingerprint density at radius 1 is 1.00 bits per heavy atom. The highest BCUT2D eigenvalue weighted by atomic mass is 35.5. The van der Waals surface area contributed by atoms with Gasteiger partial charge in [-0.3, -0.25) is 0 Å². The lowest BCUT2D eigenvalue weighted by molar-refractivity contribution is 0.643. The van der Waals surface area contributed by atoms with E-state index < -0.39 is 0 Å². The van der Waals surface area contributed by atoms with Crippen molar-refractivity contribution in [3.8, 4) is 0 Å². The van der Waals surface area contributed by atoms with E-state index in [9.17, 15) is 0 Å². The molecule has 0 spiro atoms. The van der Waals surface area contributed by atoms with Gasteiger partial charge in [-0.1, -0.05) is 35.3 Å². The lowest BCUT2D eigenvalue weighted by Crippen LogP contribution is -2.21. The molecular weight excluding hydrogens is 367 g/mol. The monoisotopic (exact) mass is 392 g/mol. The fraction of sp³-hybridized carbons (Fsp3) is 0.350. The highest BCUT2D eigenvalue weighted by molar-refractivity contribution is 6.39. The third-order valence-corrected chi connectivity index (χ3v) is 4.57. The van der Waals surface area contributed by atoms with Crippen molar-refractivity contribution >= 4 is 46.6 Å². The number of hydrogen-bond donors (Lipinski definition) is 1. The third-order valence-electron chi connectivity index (χ3n) is 4.00. The first-order valence-electron chi connectivity index (χ1n) is 8.72. The smallest absolute Gasteiger partial charge is 0.102 e. The summed E-state index contributed by atoms with van der Waals surface area (Å²) in [6, 6.07) is 12.3. The van der Waals surface area contributed by atoms with Crippen LogP contribution in [0.4, 0.5) is 17.1 Å². The molecule has 4 nitrogen and oxygen atoms in total. The maximum absolute atomic E-state index is 6.33. The molecular formula is C20H26Cl2N4. The number of rotatable bonds is 8. The summed E-state index contributed by atoms with van der Waals surface area (Å²) < 4.78 is 0. The van der Waals surface area contributed by atoms with E-state index in [0.29, 0.717) is 22.3 Å². The van der Waals surface area contributed by atoms with Crippen LogP contribution in [0.15, 0.2) is 41.4 Å². The van der Waals surface area contributed by atoms with Crippen LogP contribution in [0.3, 0.4) is 0 Å². The molecule has 0 aliphatic rings. The highest BCUT2D eigenvalue weighted by Gasteiger charge is 2.08. The number of benzene rings is 2. The second-order valence-electron chi connectivity index (χ2n) is 6.19. The van der Waals surface area contributed by atoms with E-state index in [4.69, 9.17) is 23.2 Å². The average molecular weight is 393 g/mol. The Labute approximate surface area is 166 Å². The molecule has 0 heterocycles. The van der Waals surface area contributed by atoms with Crippen molar-refractivity contribution in [2.24, 2.45) is 4.99 Å². The molecule has 0 saturated carbocycles. The van der Waals surface area contributed by atoms with Crippen molar-refractivity contribution in [1.29, 1.82) is 0 Å².